The van der Waals surface area contributed by atoms with Crippen LogP contribution in [-0.2, 0) is 0 Å². The van der Waals surface area contributed by atoms with Crippen LogP contribution in [0.2, 0.25) is 0 Å². The van der Waals surface area contributed by atoms with Gasteiger partial charge in [-0.1, -0.05) is 40.3 Å². The molecular formula is C11H23NO2. The Morgan fingerprint density at radius 2 is 1.50 bits per heavy atom. The minimum absolute atomic E-state index is 0.111. The fourth-order valence-electron chi connectivity index (χ4n) is 0.231. The van der Waals surface area contributed by atoms with Gasteiger partial charge >= 0.3 is 0 Å². The monoisotopic (exact) mass is 201 g/mol. The predicted octanol–water partition coefficient (Wildman–Crippen LogP) is 4.21. The Hall–Kier alpha value is -1.38. The van der Waals surface area contributed by atoms with Crippen LogP contribution in [0.1, 0.15) is 34.6 Å². The summed E-state index contributed by atoms with van der Waals surface area (Å²) in [6.07, 6.45) is 2.73. The van der Waals surface area contributed by atoms with E-state index in [1.807, 2.05) is 27.7 Å². The number of hydrogen-bond acceptors (Lipinski definition) is 2. The zero-order chi connectivity index (χ0) is 12.6. The Bertz CT molecular complexity index is 151. The summed E-state index contributed by atoms with van der Waals surface area (Å²) in [7, 11) is 0. The smallest absolute Gasteiger partial charge is 0.243 e. The van der Waals surface area contributed by atoms with Crippen LogP contribution in [0.25, 0.3) is 0 Å². The van der Waals surface area contributed by atoms with E-state index in [1.165, 1.54) is 19.1 Å². The van der Waals surface area contributed by atoms with Crippen molar-refractivity contribution in [3.63, 3.8) is 0 Å². The first-order valence-corrected chi connectivity index (χ1v) is 4.62. The van der Waals surface area contributed by atoms with E-state index in [0.29, 0.717) is 0 Å². The molecule has 0 spiro atoms. The summed E-state index contributed by atoms with van der Waals surface area (Å²) in [5.41, 5.74) is 0.111. The summed E-state index contributed by atoms with van der Waals surface area (Å²) in [6.45, 7) is 18.7. The van der Waals surface area contributed by atoms with Crippen LogP contribution in [0, 0.1) is 10.1 Å². The Morgan fingerprint density at radius 1 is 1.21 bits per heavy atom. The van der Waals surface area contributed by atoms with E-state index < -0.39 is 4.92 Å². The van der Waals surface area contributed by atoms with Crippen LogP contribution >= 0.6 is 0 Å². The molecule has 0 unspecified atom stereocenters. The third-order valence-corrected chi connectivity index (χ3v) is 0.647. The summed E-state index contributed by atoms with van der Waals surface area (Å²) in [5.74, 6) is 0. The van der Waals surface area contributed by atoms with Gasteiger partial charge in [-0.15, -0.1) is 13.2 Å². The van der Waals surface area contributed by atoms with Crippen LogP contribution in [0.15, 0.2) is 37.6 Å². The van der Waals surface area contributed by atoms with Crippen LogP contribution in [0.3, 0.4) is 0 Å². The molecule has 0 bridgehead atoms. The fraction of sp³-hybridized carbons (Fsp3) is 0.455. The first-order chi connectivity index (χ1) is 6.68. The number of allylic oxidation sites excluding steroid dienone is 3. The predicted molar refractivity (Wildman–Crippen MR) is 64.9 cm³/mol. The van der Waals surface area contributed by atoms with E-state index in [-0.39, 0.29) is 5.70 Å². The van der Waals surface area contributed by atoms with E-state index in [9.17, 15) is 10.1 Å². The highest BCUT2D eigenvalue weighted by atomic mass is 16.6. The first-order valence-electron chi connectivity index (χ1n) is 4.62. The summed E-state index contributed by atoms with van der Waals surface area (Å²) < 4.78 is 0. The van der Waals surface area contributed by atoms with E-state index in [1.54, 1.807) is 0 Å². The molecule has 0 heterocycles. The molecule has 0 saturated heterocycles. The fourth-order valence-corrected chi connectivity index (χ4v) is 0.231. The molecular weight excluding hydrogens is 178 g/mol. The largest absolute Gasteiger partial charge is 0.259 e. The second kappa shape index (κ2) is 29.9. The first kappa shape index (κ1) is 22.9. The highest BCUT2D eigenvalue weighted by Gasteiger charge is 1.95. The third kappa shape index (κ3) is 31.1. The summed E-state index contributed by atoms with van der Waals surface area (Å²) >= 11 is 0. The summed E-state index contributed by atoms with van der Waals surface area (Å²) in [5, 5.41) is 9.78. The van der Waals surface area contributed by atoms with Gasteiger partial charge in [0, 0.05) is 13.0 Å². The van der Waals surface area contributed by atoms with Gasteiger partial charge in [-0.25, -0.2) is 0 Å². The molecule has 0 aromatic carbocycles. The maximum atomic E-state index is 9.78. The van der Waals surface area contributed by atoms with Gasteiger partial charge in [-0.05, 0) is 0 Å². The minimum Gasteiger partial charge on any atom is -0.259 e. The van der Waals surface area contributed by atoms with Crippen molar-refractivity contribution in [3.05, 3.63) is 47.7 Å². The van der Waals surface area contributed by atoms with Crippen LogP contribution in [-0.4, -0.2) is 4.92 Å². The van der Waals surface area contributed by atoms with Gasteiger partial charge in [-0.3, -0.25) is 10.1 Å². The normalized spacial score (nSPS) is 7.36. The van der Waals surface area contributed by atoms with E-state index in [4.69, 9.17) is 0 Å². The summed E-state index contributed by atoms with van der Waals surface area (Å²) in [4.78, 5) is 9.32. The Balaban J connectivity index is -0.0000000708. The summed E-state index contributed by atoms with van der Waals surface area (Å²) in [6, 6.07) is 0. The van der Waals surface area contributed by atoms with E-state index in [0.717, 1.165) is 0 Å². The maximum Gasteiger partial charge on any atom is 0.243 e. The lowest BCUT2D eigenvalue weighted by Gasteiger charge is -1.82. The molecule has 0 aliphatic heterocycles. The van der Waals surface area contributed by atoms with Crippen molar-refractivity contribution in [1.29, 1.82) is 0 Å². The van der Waals surface area contributed by atoms with Crippen molar-refractivity contribution in [2.45, 2.75) is 34.6 Å². The lowest BCUT2D eigenvalue weighted by molar-refractivity contribution is -0.424. The molecule has 0 saturated carbocycles. The van der Waals surface area contributed by atoms with Crippen molar-refractivity contribution in [2.75, 3.05) is 0 Å². The molecule has 3 heteroatoms. The molecule has 0 aromatic rings. The topological polar surface area (TPSA) is 43.1 Å². The van der Waals surface area contributed by atoms with Gasteiger partial charge in [0.2, 0.25) is 5.70 Å². The van der Waals surface area contributed by atoms with E-state index >= 15 is 0 Å². The van der Waals surface area contributed by atoms with Gasteiger partial charge in [-0.2, -0.15) is 0 Å². The molecule has 84 valence electrons. The zero-order valence-corrected chi connectivity index (χ0v) is 10.0. The van der Waals surface area contributed by atoms with Gasteiger partial charge in [0.1, 0.15) is 0 Å². The molecule has 0 atom stereocenters. The molecule has 0 aliphatic carbocycles. The Morgan fingerprint density at radius 3 is 1.57 bits per heavy atom. The lowest BCUT2D eigenvalue weighted by atomic mass is 10.4. The second-order valence-corrected chi connectivity index (χ2v) is 1.30. The zero-order valence-electron chi connectivity index (χ0n) is 10.0. The van der Waals surface area contributed by atoms with E-state index in [2.05, 4.69) is 19.7 Å². The number of rotatable bonds is 2. The quantitative estimate of drug-likeness (QED) is 0.291. The number of hydrogen-bond donors (Lipinski definition) is 0. The Kier molecular flexibility index (Phi) is 49.0. The van der Waals surface area contributed by atoms with Gasteiger partial charge in [0.25, 0.3) is 0 Å². The molecule has 0 rings (SSSR count). The number of nitro groups is 1. The van der Waals surface area contributed by atoms with Gasteiger partial charge < -0.3 is 0 Å². The van der Waals surface area contributed by atoms with Crippen molar-refractivity contribution in [3.8, 4) is 0 Å². The lowest BCUT2D eigenvalue weighted by Crippen LogP contribution is -1.91. The maximum absolute atomic E-state index is 9.78. The standard InChI is InChI=1S/C5H7NO2.2C2H6.C2H4/c1-3-4-5(2)6(7)8;3*1-2/h3-4H,1H2,2H3;2*1-2H3;1-2H2/b5-4+;;;. The highest BCUT2D eigenvalue weighted by Crippen LogP contribution is 1.90. The van der Waals surface area contributed by atoms with Gasteiger partial charge in [0.05, 0.1) is 4.92 Å². The van der Waals surface area contributed by atoms with Crippen LogP contribution < -0.4 is 0 Å². The average molecular weight is 201 g/mol. The molecule has 0 radical (unpaired) electrons. The highest BCUT2D eigenvalue weighted by molar-refractivity contribution is 5.00. The molecule has 3 nitrogen and oxygen atoms in total. The van der Waals surface area contributed by atoms with Crippen LogP contribution in [0.5, 0.6) is 0 Å². The molecule has 0 N–H and O–H groups in total. The Labute approximate surface area is 88.0 Å². The average Bonchev–Trinajstić information content (AvgIpc) is 2.27. The molecule has 0 fully saturated rings. The van der Waals surface area contributed by atoms with Crippen molar-refractivity contribution >= 4 is 0 Å². The minimum atomic E-state index is -0.457. The molecule has 0 aliphatic rings. The van der Waals surface area contributed by atoms with Crippen molar-refractivity contribution < 1.29 is 4.92 Å². The molecule has 14 heavy (non-hydrogen) atoms. The second-order valence-electron chi connectivity index (χ2n) is 1.30. The number of nitrogens with zero attached hydrogens (tertiary/aromatic N) is 1. The molecule has 0 aromatic heterocycles. The SMILES string of the molecule is C=C.C=C/C=C(\C)[N+](=O)[O-].CC.CC. The molecule has 0 amide bonds. The van der Waals surface area contributed by atoms with Crippen LogP contribution in [0.4, 0.5) is 0 Å². The van der Waals surface area contributed by atoms with Crippen molar-refractivity contribution in [2.24, 2.45) is 0 Å². The van der Waals surface area contributed by atoms with Gasteiger partial charge in [0.15, 0.2) is 0 Å². The van der Waals surface area contributed by atoms with Crippen molar-refractivity contribution in [1.82, 2.24) is 0 Å². The third-order valence-electron chi connectivity index (χ3n) is 0.647.